The number of hydrogen-bond acceptors (Lipinski definition) is 3. The van der Waals surface area contributed by atoms with Crippen molar-refractivity contribution in [2.75, 3.05) is 13.2 Å². The minimum absolute atomic E-state index is 0.159. The zero-order valence-electron chi connectivity index (χ0n) is 14.4. The van der Waals surface area contributed by atoms with Gasteiger partial charge in [-0.05, 0) is 75.5 Å². The Labute approximate surface area is 138 Å². The SMILES string of the molecule is CCOC(=O)[C@H]1CC(=O)N([C@H](C)C23CC4CC(CC(C4)C2)C3)C1. The summed E-state index contributed by atoms with van der Waals surface area (Å²) in [5.41, 5.74) is 0.327. The summed E-state index contributed by atoms with van der Waals surface area (Å²) >= 11 is 0. The molecular formula is C19H29NO3. The molecule has 2 atom stereocenters. The Balaban J connectivity index is 1.50. The fraction of sp³-hybridized carbons (Fsp3) is 0.895. The third-order valence-electron chi connectivity index (χ3n) is 7.22. The van der Waals surface area contributed by atoms with Crippen LogP contribution in [0.5, 0.6) is 0 Å². The summed E-state index contributed by atoms with van der Waals surface area (Å²) < 4.78 is 5.13. The van der Waals surface area contributed by atoms with Gasteiger partial charge in [-0.2, -0.15) is 0 Å². The highest BCUT2D eigenvalue weighted by molar-refractivity contribution is 5.87. The van der Waals surface area contributed by atoms with Crippen molar-refractivity contribution >= 4 is 11.9 Å². The first-order valence-electron chi connectivity index (χ1n) is 9.47. The van der Waals surface area contributed by atoms with Crippen LogP contribution < -0.4 is 0 Å². The molecule has 1 heterocycles. The lowest BCUT2D eigenvalue weighted by Gasteiger charge is -2.60. The van der Waals surface area contributed by atoms with Gasteiger partial charge in [-0.3, -0.25) is 9.59 Å². The predicted molar refractivity (Wildman–Crippen MR) is 86.5 cm³/mol. The third kappa shape index (κ3) is 2.49. The van der Waals surface area contributed by atoms with Gasteiger partial charge >= 0.3 is 5.97 Å². The molecule has 4 bridgehead atoms. The lowest BCUT2D eigenvalue weighted by atomic mass is 9.47. The van der Waals surface area contributed by atoms with Crippen molar-refractivity contribution in [2.45, 2.75) is 64.8 Å². The Hall–Kier alpha value is -1.06. The lowest BCUT2D eigenvalue weighted by Crippen LogP contribution is -2.56. The lowest BCUT2D eigenvalue weighted by molar-refractivity contribution is -0.148. The summed E-state index contributed by atoms with van der Waals surface area (Å²) in [6.45, 7) is 5.04. The maximum Gasteiger partial charge on any atom is 0.311 e. The highest BCUT2D eigenvalue weighted by atomic mass is 16.5. The molecule has 5 rings (SSSR count). The van der Waals surface area contributed by atoms with Crippen molar-refractivity contribution in [2.24, 2.45) is 29.1 Å². The van der Waals surface area contributed by atoms with Crippen LogP contribution in [0.15, 0.2) is 0 Å². The molecule has 0 aromatic rings. The fourth-order valence-electron chi connectivity index (χ4n) is 6.54. The van der Waals surface area contributed by atoms with Crippen molar-refractivity contribution < 1.29 is 14.3 Å². The third-order valence-corrected chi connectivity index (χ3v) is 7.22. The second-order valence-corrected chi connectivity index (χ2v) is 8.66. The maximum absolute atomic E-state index is 12.5. The van der Waals surface area contributed by atoms with Crippen LogP contribution in [0.3, 0.4) is 0 Å². The molecule has 4 heteroatoms. The average molecular weight is 319 g/mol. The topological polar surface area (TPSA) is 46.6 Å². The minimum atomic E-state index is -0.251. The first kappa shape index (κ1) is 15.5. The summed E-state index contributed by atoms with van der Waals surface area (Å²) in [6.07, 6.45) is 8.51. The summed E-state index contributed by atoms with van der Waals surface area (Å²) in [5, 5.41) is 0. The van der Waals surface area contributed by atoms with E-state index in [-0.39, 0.29) is 23.8 Å². The monoisotopic (exact) mass is 319 g/mol. The van der Waals surface area contributed by atoms with Crippen LogP contribution >= 0.6 is 0 Å². The number of ether oxygens (including phenoxy) is 1. The van der Waals surface area contributed by atoms with Gasteiger partial charge < -0.3 is 9.64 Å². The molecule has 0 aromatic carbocycles. The molecule has 1 saturated heterocycles. The Morgan fingerprint density at radius 3 is 2.30 bits per heavy atom. The Kier molecular flexibility index (Phi) is 3.69. The van der Waals surface area contributed by atoms with Crippen LogP contribution in [0.4, 0.5) is 0 Å². The largest absolute Gasteiger partial charge is 0.466 e. The van der Waals surface area contributed by atoms with Gasteiger partial charge in [-0.1, -0.05) is 0 Å². The summed E-state index contributed by atoms with van der Waals surface area (Å²) in [6, 6.07) is 0.280. The van der Waals surface area contributed by atoms with Crippen molar-refractivity contribution in [1.82, 2.24) is 4.90 Å². The summed E-state index contributed by atoms with van der Waals surface area (Å²) in [5.74, 6) is 2.39. The molecule has 5 aliphatic rings. The van der Waals surface area contributed by atoms with Gasteiger partial charge in [-0.15, -0.1) is 0 Å². The van der Waals surface area contributed by atoms with E-state index in [4.69, 9.17) is 4.74 Å². The van der Waals surface area contributed by atoms with E-state index in [1.165, 1.54) is 38.5 Å². The number of esters is 1. The van der Waals surface area contributed by atoms with E-state index in [1.54, 1.807) is 0 Å². The molecule has 1 aliphatic heterocycles. The van der Waals surface area contributed by atoms with E-state index >= 15 is 0 Å². The molecular weight excluding hydrogens is 290 g/mol. The maximum atomic E-state index is 12.5. The van der Waals surface area contributed by atoms with E-state index < -0.39 is 0 Å². The van der Waals surface area contributed by atoms with Crippen molar-refractivity contribution in [3.8, 4) is 0 Å². The fourth-order valence-corrected chi connectivity index (χ4v) is 6.54. The van der Waals surface area contributed by atoms with Gasteiger partial charge in [0.2, 0.25) is 5.91 Å². The van der Waals surface area contributed by atoms with Crippen LogP contribution in [0, 0.1) is 29.1 Å². The average Bonchev–Trinajstić information content (AvgIpc) is 2.87. The molecule has 4 saturated carbocycles. The molecule has 0 unspecified atom stereocenters. The molecule has 128 valence electrons. The number of amides is 1. The first-order valence-corrected chi connectivity index (χ1v) is 9.47. The van der Waals surface area contributed by atoms with E-state index in [1.807, 2.05) is 11.8 Å². The van der Waals surface area contributed by atoms with Crippen LogP contribution in [0.2, 0.25) is 0 Å². The van der Waals surface area contributed by atoms with Crippen molar-refractivity contribution in [3.05, 3.63) is 0 Å². The highest BCUT2D eigenvalue weighted by Gasteiger charge is 2.55. The van der Waals surface area contributed by atoms with Crippen LogP contribution in [-0.2, 0) is 14.3 Å². The smallest absolute Gasteiger partial charge is 0.311 e. The zero-order chi connectivity index (χ0) is 16.2. The molecule has 0 N–H and O–H groups in total. The Morgan fingerprint density at radius 2 is 1.78 bits per heavy atom. The quantitative estimate of drug-likeness (QED) is 0.748. The zero-order valence-corrected chi connectivity index (χ0v) is 14.4. The molecule has 5 fully saturated rings. The van der Waals surface area contributed by atoms with E-state index in [9.17, 15) is 9.59 Å². The summed E-state index contributed by atoms with van der Waals surface area (Å²) in [4.78, 5) is 26.6. The van der Waals surface area contributed by atoms with E-state index in [2.05, 4.69) is 6.92 Å². The van der Waals surface area contributed by atoms with E-state index in [0.29, 0.717) is 25.0 Å². The molecule has 1 amide bonds. The minimum Gasteiger partial charge on any atom is -0.466 e. The Bertz CT molecular complexity index is 479. The highest BCUT2D eigenvalue weighted by Crippen LogP contribution is 2.62. The van der Waals surface area contributed by atoms with Crippen molar-refractivity contribution in [3.63, 3.8) is 0 Å². The number of nitrogens with zero attached hydrogens (tertiary/aromatic N) is 1. The second kappa shape index (κ2) is 5.49. The number of carbonyl (C=O) groups excluding carboxylic acids is 2. The molecule has 23 heavy (non-hydrogen) atoms. The normalized spacial score (nSPS) is 43.0. The number of likely N-dealkylation sites (tertiary alicyclic amines) is 1. The van der Waals surface area contributed by atoms with Gasteiger partial charge in [0.15, 0.2) is 0 Å². The molecule has 0 spiro atoms. The first-order chi connectivity index (χ1) is 11.0. The predicted octanol–water partition coefficient (Wildman–Crippen LogP) is 3.00. The molecule has 0 aromatic heterocycles. The Morgan fingerprint density at radius 1 is 1.22 bits per heavy atom. The van der Waals surface area contributed by atoms with Gasteiger partial charge in [-0.25, -0.2) is 0 Å². The van der Waals surface area contributed by atoms with Crippen molar-refractivity contribution in [1.29, 1.82) is 0 Å². The van der Waals surface area contributed by atoms with Gasteiger partial charge in [0, 0.05) is 19.0 Å². The molecule has 0 radical (unpaired) electrons. The van der Waals surface area contributed by atoms with Crippen LogP contribution in [0.25, 0.3) is 0 Å². The number of carbonyl (C=O) groups is 2. The summed E-state index contributed by atoms with van der Waals surface area (Å²) in [7, 11) is 0. The van der Waals surface area contributed by atoms with Gasteiger partial charge in [0.1, 0.15) is 0 Å². The van der Waals surface area contributed by atoms with Crippen LogP contribution in [-0.4, -0.2) is 36.0 Å². The number of rotatable bonds is 4. The molecule has 4 aliphatic carbocycles. The van der Waals surface area contributed by atoms with Crippen LogP contribution in [0.1, 0.15) is 58.8 Å². The number of hydrogen-bond donors (Lipinski definition) is 0. The van der Waals surface area contributed by atoms with Gasteiger partial charge in [0.05, 0.1) is 12.5 Å². The van der Waals surface area contributed by atoms with Gasteiger partial charge in [0.25, 0.3) is 0 Å². The molecule has 4 nitrogen and oxygen atoms in total. The second-order valence-electron chi connectivity index (χ2n) is 8.66. The standard InChI is InChI=1S/C19H29NO3/c1-3-23-18(22)16-7-17(21)20(11-16)12(2)19-8-13-4-14(9-19)6-15(5-13)10-19/h12-16H,3-11H2,1-2H3/t12-,13?,14?,15?,16+,19?/m1/s1. The van der Waals surface area contributed by atoms with E-state index in [0.717, 1.165) is 17.8 Å².